The van der Waals surface area contributed by atoms with E-state index in [4.69, 9.17) is 9.47 Å². The van der Waals surface area contributed by atoms with Gasteiger partial charge in [0, 0.05) is 41.3 Å². The van der Waals surface area contributed by atoms with Crippen LogP contribution in [0, 0.1) is 5.92 Å². The fraction of sp³-hybridized carbons (Fsp3) is 0.209. The SMILES string of the molecule is CC(=O)Nc1ccc(SC[C@H]2O[C@@H](c3cccc(-c4cccc(CNC(=O)c5cnc6ccccc6n5)c4)c3)O[C@@H](c3ccc(CO)cc3)[C@H]2C)cc1. The van der Waals surface area contributed by atoms with Crippen molar-refractivity contribution in [3.8, 4) is 11.1 Å². The second-order valence-corrected chi connectivity index (χ2v) is 14.2. The van der Waals surface area contributed by atoms with Crippen LogP contribution in [0.5, 0.6) is 0 Å². The largest absolute Gasteiger partial charge is 0.392 e. The Kier molecular flexibility index (Phi) is 11.2. The fourth-order valence-electron chi connectivity index (χ4n) is 6.39. The van der Waals surface area contributed by atoms with Gasteiger partial charge in [-0.3, -0.25) is 14.6 Å². The standard InChI is InChI=1S/C43H40N4O5S/c1-27-40(26-53-36-19-17-35(18-20-36)46-28(2)49)51-43(52-41(27)31-15-13-29(25-48)14-16-31)34-10-6-9-33(22-34)32-8-5-7-30(21-32)23-45-42(50)39-24-44-37-11-3-4-12-38(37)47-39/h3-22,24,27,40-41,43,48H,23,25-26H2,1-2H3,(H,45,50)(H,46,49)/t27-,40+,41+,43+/m0/s1. The molecule has 0 spiro atoms. The fourth-order valence-corrected chi connectivity index (χ4v) is 7.46. The Hall–Kier alpha value is -5.39. The van der Waals surface area contributed by atoms with Crippen LogP contribution in [-0.4, -0.2) is 38.7 Å². The Labute approximate surface area is 312 Å². The molecule has 0 bridgehead atoms. The monoisotopic (exact) mass is 724 g/mol. The molecule has 10 heteroatoms. The highest BCUT2D eigenvalue weighted by atomic mass is 32.2. The molecule has 1 aliphatic heterocycles. The number of rotatable bonds is 11. The molecule has 2 heterocycles. The normalized spacial score (nSPS) is 18.4. The van der Waals surface area contributed by atoms with Gasteiger partial charge in [-0.1, -0.05) is 79.7 Å². The minimum atomic E-state index is -0.619. The van der Waals surface area contributed by atoms with Gasteiger partial charge in [0.1, 0.15) is 5.69 Å². The first-order valence-electron chi connectivity index (χ1n) is 17.5. The van der Waals surface area contributed by atoms with Crippen LogP contribution in [0.2, 0.25) is 0 Å². The quantitative estimate of drug-likeness (QED) is 0.114. The molecule has 1 aliphatic rings. The van der Waals surface area contributed by atoms with Gasteiger partial charge in [0.25, 0.3) is 5.91 Å². The highest BCUT2D eigenvalue weighted by Crippen LogP contribution is 2.43. The van der Waals surface area contributed by atoms with Crippen LogP contribution in [0.15, 0.2) is 132 Å². The third-order valence-electron chi connectivity index (χ3n) is 9.27. The summed E-state index contributed by atoms with van der Waals surface area (Å²) < 4.78 is 13.5. The molecular weight excluding hydrogens is 685 g/mol. The van der Waals surface area contributed by atoms with E-state index in [0.717, 1.165) is 49.5 Å². The molecule has 2 amide bonds. The van der Waals surface area contributed by atoms with E-state index in [1.165, 1.54) is 13.1 Å². The molecule has 4 atom stereocenters. The lowest BCUT2D eigenvalue weighted by atomic mass is 9.91. The number of hydrogen-bond donors (Lipinski definition) is 3. The molecule has 268 valence electrons. The maximum Gasteiger partial charge on any atom is 0.271 e. The van der Waals surface area contributed by atoms with Crippen molar-refractivity contribution in [2.75, 3.05) is 11.1 Å². The lowest BCUT2D eigenvalue weighted by Gasteiger charge is -2.41. The van der Waals surface area contributed by atoms with Gasteiger partial charge in [-0.05, 0) is 76.3 Å². The first-order valence-corrected chi connectivity index (χ1v) is 18.5. The van der Waals surface area contributed by atoms with Crippen LogP contribution in [-0.2, 0) is 27.4 Å². The zero-order valence-corrected chi connectivity index (χ0v) is 30.3. The van der Waals surface area contributed by atoms with Gasteiger partial charge in [0.2, 0.25) is 5.91 Å². The summed E-state index contributed by atoms with van der Waals surface area (Å²) in [4.78, 5) is 34.3. The van der Waals surface area contributed by atoms with Crippen LogP contribution in [0.3, 0.4) is 0 Å². The summed E-state index contributed by atoms with van der Waals surface area (Å²) in [5.41, 5.74) is 8.16. The Balaban J connectivity index is 1.08. The number of para-hydroxylation sites is 2. The number of aliphatic hydroxyl groups excluding tert-OH is 1. The van der Waals surface area contributed by atoms with E-state index < -0.39 is 6.29 Å². The minimum absolute atomic E-state index is 0.0212. The van der Waals surface area contributed by atoms with Crippen molar-refractivity contribution in [3.63, 3.8) is 0 Å². The van der Waals surface area contributed by atoms with Crippen molar-refractivity contribution in [1.82, 2.24) is 15.3 Å². The number of ether oxygens (including phenoxy) is 2. The van der Waals surface area contributed by atoms with Crippen molar-refractivity contribution in [2.24, 2.45) is 5.92 Å². The van der Waals surface area contributed by atoms with Crippen LogP contribution < -0.4 is 10.6 Å². The second-order valence-electron chi connectivity index (χ2n) is 13.1. The Morgan fingerprint density at radius 3 is 2.28 bits per heavy atom. The van der Waals surface area contributed by atoms with Gasteiger partial charge in [0.05, 0.1) is 36.0 Å². The molecule has 0 saturated carbocycles. The molecule has 1 saturated heterocycles. The predicted molar refractivity (Wildman–Crippen MR) is 207 cm³/mol. The molecular formula is C43H40N4O5S. The summed E-state index contributed by atoms with van der Waals surface area (Å²) in [5.74, 6) is 0.344. The number of carbonyl (C=O) groups excluding carboxylic acids is 2. The number of nitrogens with zero attached hydrogens (tertiary/aromatic N) is 2. The van der Waals surface area contributed by atoms with Gasteiger partial charge in [-0.15, -0.1) is 11.8 Å². The maximum absolute atomic E-state index is 13.0. The van der Waals surface area contributed by atoms with E-state index in [1.807, 2.05) is 103 Å². The Bertz CT molecular complexity index is 2210. The summed E-state index contributed by atoms with van der Waals surface area (Å²) >= 11 is 1.70. The number of carbonyl (C=O) groups is 2. The van der Waals surface area contributed by atoms with E-state index in [-0.39, 0.29) is 42.2 Å². The van der Waals surface area contributed by atoms with E-state index in [9.17, 15) is 14.7 Å². The first kappa shape index (κ1) is 36.0. The molecule has 1 fully saturated rings. The third kappa shape index (κ3) is 8.81. The highest BCUT2D eigenvalue weighted by molar-refractivity contribution is 7.99. The molecule has 0 radical (unpaired) electrons. The first-order chi connectivity index (χ1) is 25.8. The average Bonchev–Trinajstić information content (AvgIpc) is 3.20. The zero-order valence-electron chi connectivity index (χ0n) is 29.4. The summed E-state index contributed by atoms with van der Waals surface area (Å²) in [6.07, 6.45) is 0.503. The van der Waals surface area contributed by atoms with E-state index in [1.54, 1.807) is 11.8 Å². The molecule has 9 nitrogen and oxygen atoms in total. The van der Waals surface area contributed by atoms with Crippen molar-refractivity contribution in [1.29, 1.82) is 0 Å². The van der Waals surface area contributed by atoms with Crippen molar-refractivity contribution < 1.29 is 24.2 Å². The van der Waals surface area contributed by atoms with Crippen molar-refractivity contribution >= 4 is 40.3 Å². The summed E-state index contributed by atoms with van der Waals surface area (Å²) in [6, 6.07) is 39.5. The van der Waals surface area contributed by atoms with Crippen molar-refractivity contribution in [2.45, 2.75) is 50.4 Å². The number of thioether (sulfide) groups is 1. The lowest BCUT2D eigenvalue weighted by Crippen LogP contribution is -2.38. The van der Waals surface area contributed by atoms with Gasteiger partial charge in [-0.2, -0.15) is 0 Å². The molecule has 0 unspecified atom stereocenters. The highest BCUT2D eigenvalue weighted by Gasteiger charge is 2.38. The summed E-state index contributed by atoms with van der Waals surface area (Å²) in [5, 5.41) is 15.4. The average molecular weight is 725 g/mol. The van der Waals surface area contributed by atoms with Gasteiger partial charge in [0.15, 0.2) is 6.29 Å². The summed E-state index contributed by atoms with van der Waals surface area (Å²) in [7, 11) is 0. The molecule has 53 heavy (non-hydrogen) atoms. The van der Waals surface area contributed by atoms with Crippen LogP contribution in [0.1, 0.15) is 59.0 Å². The van der Waals surface area contributed by atoms with Crippen LogP contribution >= 0.6 is 11.8 Å². The van der Waals surface area contributed by atoms with Crippen LogP contribution in [0.4, 0.5) is 5.69 Å². The third-order valence-corrected chi connectivity index (χ3v) is 10.4. The van der Waals surface area contributed by atoms with E-state index >= 15 is 0 Å². The van der Waals surface area contributed by atoms with Crippen LogP contribution in [0.25, 0.3) is 22.2 Å². The number of aliphatic hydroxyl groups is 1. The van der Waals surface area contributed by atoms with Crippen molar-refractivity contribution in [3.05, 3.63) is 155 Å². The second kappa shape index (κ2) is 16.5. The summed E-state index contributed by atoms with van der Waals surface area (Å²) in [6.45, 7) is 3.96. The lowest BCUT2D eigenvalue weighted by molar-refractivity contribution is -0.268. The smallest absolute Gasteiger partial charge is 0.271 e. The Morgan fingerprint density at radius 2 is 1.53 bits per heavy atom. The number of hydrogen-bond acceptors (Lipinski definition) is 8. The zero-order chi connectivity index (χ0) is 36.7. The number of fused-ring (bicyclic) bond motifs is 1. The molecule has 5 aromatic carbocycles. The van der Waals surface area contributed by atoms with E-state index in [2.05, 4.69) is 45.7 Å². The Morgan fingerprint density at radius 1 is 0.792 bits per heavy atom. The van der Waals surface area contributed by atoms with Gasteiger partial charge < -0.3 is 25.2 Å². The number of amides is 2. The van der Waals surface area contributed by atoms with Gasteiger partial charge >= 0.3 is 0 Å². The molecule has 1 aromatic heterocycles. The molecule has 7 rings (SSSR count). The molecule has 6 aromatic rings. The van der Waals surface area contributed by atoms with Gasteiger partial charge in [-0.25, -0.2) is 4.98 Å². The number of benzene rings is 5. The molecule has 3 N–H and O–H groups in total. The maximum atomic E-state index is 13.0. The predicted octanol–water partition coefficient (Wildman–Crippen LogP) is 8.26. The molecule has 0 aliphatic carbocycles. The van der Waals surface area contributed by atoms with E-state index in [0.29, 0.717) is 17.8 Å². The number of nitrogens with one attached hydrogen (secondary N) is 2. The minimum Gasteiger partial charge on any atom is -0.392 e. The number of aromatic nitrogens is 2. The topological polar surface area (TPSA) is 123 Å². The number of anilines is 1.